The second-order valence-electron chi connectivity index (χ2n) is 3.86. The summed E-state index contributed by atoms with van der Waals surface area (Å²) in [6.07, 6.45) is 0. The molecule has 0 spiro atoms. The van der Waals surface area contributed by atoms with Gasteiger partial charge in [0.25, 0.3) is 0 Å². The summed E-state index contributed by atoms with van der Waals surface area (Å²) in [5.74, 6) is -0.241. The summed E-state index contributed by atoms with van der Waals surface area (Å²) >= 11 is 6.08. The summed E-state index contributed by atoms with van der Waals surface area (Å²) in [7, 11) is 0. The molecule has 0 amide bonds. The van der Waals surface area contributed by atoms with Crippen LogP contribution in [0.15, 0.2) is 48.5 Å². The van der Waals surface area contributed by atoms with Gasteiger partial charge in [-0.1, -0.05) is 29.8 Å². The SMILES string of the molecule is Fc1ccccc1-c1cc2c(Cl)cccc2[nH]1. The van der Waals surface area contributed by atoms with Crippen LogP contribution in [0, 0.1) is 5.82 Å². The first-order valence-corrected chi connectivity index (χ1v) is 5.65. The maximum atomic E-state index is 13.7. The number of halogens is 2. The van der Waals surface area contributed by atoms with Crippen LogP contribution in [0.25, 0.3) is 22.2 Å². The molecule has 3 aromatic rings. The van der Waals surface area contributed by atoms with Crippen molar-refractivity contribution in [2.75, 3.05) is 0 Å². The van der Waals surface area contributed by atoms with E-state index in [2.05, 4.69) is 4.98 Å². The Hall–Kier alpha value is -1.80. The van der Waals surface area contributed by atoms with Gasteiger partial charge < -0.3 is 4.98 Å². The number of nitrogens with one attached hydrogen (secondary N) is 1. The fraction of sp³-hybridized carbons (Fsp3) is 0. The third-order valence-electron chi connectivity index (χ3n) is 2.77. The van der Waals surface area contributed by atoms with Gasteiger partial charge in [-0.25, -0.2) is 4.39 Å². The Morgan fingerprint density at radius 1 is 1.00 bits per heavy atom. The largest absolute Gasteiger partial charge is 0.354 e. The minimum atomic E-state index is -0.241. The summed E-state index contributed by atoms with van der Waals surface area (Å²) in [5, 5.41) is 1.58. The van der Waals surface area contributed by atoms with Crippen LogP contribution in [-0.4, -0.2) is 4.98 Å². The van der Waals surface area contributed by atoms with Gasteiger partial charge in [-0.2, -0.15) is 0 Å². The van der Waals surface area contributed by atoms with Crippen LogP contribution < -0.4 is 0 Å². The Balaban J connectivity index is 2.26. The molecular weight excluding hydrogens is 237 g/mol. The van der Waals surface area contributed by atoms with Crippen molar-refractivity contribution in [3.8, 4) is 11.3 Å². The maximum absolute atomic E-state index is 13.7. The molecule has 0 atom stereocenters. The van der Waals surface area contributed by atoms with E-state index in [1.165, 1.54) is 6.07 Å². The molecular formula is C14H9ClFN. The Bertz CT molecular complexity index is 688. The van der Waals surface area contributed by atoms with Crippen LogP contribution in [-0.2, 0) is 0 Å². The molecule has 3 rings (SSSR count). The van der Waals surface area contributed by atoms with Gasteiger partial charge in [0.05, 0.1) is 0 Å². The van der Waals surface area contributed by atoms with Gasteiger partial charge in [0.1, 0.15) is 5.82 Å². The minimum Gasteiger partial charge on any atom is -0.354 e. The number of aromatic amines is 1. The van der Waals surface area contributed by atoms with Crippen LogP contribution in [0.3, 0.4) is 0 Å². The number of rotatable bonds is 1. The first-order chi connectivity index (χ1) is 8.25. The van der Waals surface area contributed by atoms with Crippen molar-refractivity contribution in [1.82, 2.24) is 4.98 Å². The Kier molecular flexibility index (Phi) is 2.37. The third-order valence-corrected chi connectivity index (χ3v) is 3.10. The van der Waals surface area contributed by atoms with E-state index < -0.39 is 0 Å². The normalized spacial score (nSPS) is 10.9. The molecule has 1 heterocycles. The summed E-state index contributed by atoms with van der Waals surface area (Å²) in [6.45, 7) is 0. The standard InChI is InChI=1S/C14H9ClFN/c15-11-5-3-7-13-10(11)8-14(17-13)9-4-1-2-6-12(9)16/h1-8,17H. The summed E-state index contributed by atoms with van der Waals surface area (Å²) < 4.78 is 13.7. The van der Waals surface area contributed by atoms with E-state index in [-0.39, 0.29) is 5.82 Å². The van der Waals surface area contributed by atoms with Gasteiger partial charge in [0.15, 0.2) is 0 Å². The zero-order valence-corrected chi connectivity index (χ0v) is 9.63. The molecule has 1 N–H and O–H groups in total. The molecule has 0 fully saturated rings. The Labute approximate surface area is 103 Å². The van der Waals surface area contributed by atoms with Crippen molar-refractivity contribution in [2.24, 2.45) is 0 Å². The summed E-state index contributed by atoms with van der Waals surface area (Å²) in [5.41, 5.74) is 2.21. The second kappa shape index (κ2) is 3.90. The molecule has 0 bridgehead atoms. The lowest BCUT2D eigenvalue weighted by Crippen LogP contribution is -1.82. The van der Waals surface area contributed by atoms with Crippen LogP contribution in [0.2, 0.25) is 5.02 Å². The first kappa shape index (κ1) is 10.4. The average molecular weight is 246 g/mol. The Morgan fingerprint density at radius 2 is 1.82 bits per heavy atom. The van der Waals surface area contributed by atoms with Crippen LogP contribution in [0.5, 0.6) is 0 Å². The molecule has 2 aromatic carbocycles. The van der Waals surface area contributed by atoms with Gasteiger partial charge in [0.2, 0.25) is 0 Å². The van der Waals surface area contributed by atoms with E-state index in [4.69, 9.17) is 11.6 Å². The first-order valence-electron chi connectivity index (χ1n) is 5.28. The smallest absolute Gasteiger partial charge is 0.132 e. The molecule has 1 nitrogen and oxygen atoms in total. The van der Waals surface area contributed by atoms with Crippen LogP contribution in [0.1, 0.15) is 0 Å². The number of benzene rings is 2. The van der Waals surface area contributed by atoms with Crippen LogP contribution in [0.4, 0.5) is 4.39 Å². The number of fused-ring (bicyclic) bond motifs is 1. The second-order valence-corrected chi connectivity index (χ2v) is 4.27. The van der Waals surface area contributed by atoms with E-state index in [9.17, 15) is 4.39 Å². The van der Waals surface area contributed by atoms with Gasteiger partial charge in [-0.15, -0.1) is 0 Å². The number of aromatic nitrogens is 1. The highest BCUT2D eigenvalue weighted by atomic mass is 35.5. The predicted molar refractivity (Wildman–Crippen MR) is 68.7 cm³/mol. The number of hydrogen-bond acceptors (Lipinski definition) is 0. The van der Waals surface area contributed by atoms with E-state index in [0.29, 0.717) is 10.6 Å². The number of H-pyrrole nitrogens is 1. The van der Waals surface area contributed by atoms with Gasteiger partial charge in [-0.3, -0.25) is 0 Å². The number of hydrogen-bond donors (Lipinski definition) is 1. The van der Waals surface area contributed by atoms with Gasteiger partial charge in [0, 0.05) is 27.2 Å². The maximum Gasteiger partial charge on any atom is 0.132 e. The van der Waals surface area contributed by atoms with Crippen molar-refractivity contribution in [2.45, 2.75) is 0 Å². The summed E-state index contributed by atoms with van der Waals surface area (Å²) in [4.78, 5) is 3.17. The van der Waals surface area contributed by atoms with Crippen molar-refractivity contribution in [1.29, 1.82) is 0 Å². The van der Waals surface area contributed by atoms with E-state index in [1.54, 1.807) is 12.1 Å². The molecule has 17 heavy (non-hydrogen) atoms. The molecule has 0 saturated carbocycles. The van der Waals surface area contributed by atoms with Crippen molar-refractivity contribution < 1.29 is 4.39 Å². The highest BCUT2D eigenvalue weighted by Crippen LogP contribution is 2.29. The van der Waals surface area contributed by atoms with Gasteiger partial charge in [-0.05, 0) is 30.3 Å². The lowest BCUT2D eigenvalue weighted by atomic mass is 10.1. The molecule has 0 unspecified atom stereocenters. The molecule has 1 aromatic heterocycles. The fourth-order valence-electron chi connectivity index (χ4n) is 1.94. The Morgan fingerprint density at radius 3 is 2.59 bits per heavy atom. The average Bonchev–Trinajstić information content (AvgIpc) is 2.75. The minimum absolute atomic E-state index is 0.241. The predicted octanol–water partition coefficient (Wildman–Crippen LogP) is 4.63. The van der Waals surface area contributed by atoms with Crippen molar-refractivity contribution in [3.05, 3.63) is 59.4 Å². The zero-order valence-electron chi connectivity index (χ0n) is 8.87. The van der Waals surface area contributed by atoms with E-state index >= 15 is 0 Å². The van der Waals surface area contributed by atoms with Crippen LogP contribution >= 0.6 is 11.6 Å². The highest BCUT2D eigenvalue weighted by Gasteiger charge is 2.08. The molecule has 3 heteroatoms. The quantitative estimate of drug-likeness (QED) is 0.644. The highest BCUT2D eigenvalue weighted by molar-refractivity contribution is 6.35. The molecule has 0 radical (unpaired) electrons. The van der Waals surface area contributed by atoms with E-state index in [0.717, 1.165) is 16.6 Å². The molecule has 0 aliphatic carbocycles. The molecule has 0 aliphatic heterocycles. The van der Waals surface area contributed by atoms with Crippen molar-refractivity contribution >= 4 is 22.5 Å². The fourth-order valence-corrected chi connectivity index (χ4v) is 2.17. The lowest BCUT2D eigenvalue weighted by Gasteiger charge is -1.98. The third kappa shape index (κ3) is 1.71. The molecule has 0 aliphatic rings. The molecule has 0 saturated heterocycles. The van der Waals surface area contributed by atoms with Crippen molar-refractivity contribution in [3.63, 3.8) is 0 Å². The topological polar surface area (TPSA) is 15.8 Å². The van der Waals surface area contributed by atoms with E-state index in [1.807, 2.05) is 30.3 Å². The summed E-state index contributed by atoms with van der Waals surface area (Å²) in [6, 6.07) is 14.2. The van der Waals surface area contributed by atoms with Gasteiger partial charge >= 0.3 is 0 Å². The molecule has 84 valence electrons. The lowest BCUT2D eigenvalue weighted by molar-refractivity contribution is 0.631. The monoisotopic (exact) mass is 245 g/mol. The zero-order chi connectivity index (χ0) is 11.8.